The van der Waals surface area contributed by atoms with E-state index in [1.807, 2.05) is 0 Å². The summed E-state index contributed by atoms with van der Waals surface area (Å²) in [6, 6.07) is 3.38. The fourth-order valence-electron chi connectivity index (χ4n) is 4.11. The van der Waals surface area contributed by atoms with Gasteiger partial charge in [-0.3, -0.25) is 4.79 Å². The number of benzene rings is 1. The molecular weight excluding hydrogens is 427 g/mol. The second-order valence-corrected chi connectivity index (χ2v) is 9.80. The summed E-state index contributed by atoms with van der Waals surface area (Å²) < 4.78 is 51.8. The number of nitrogens with one attached hydrogen (secondary N) is 1. The largest absolute Gasteiger partial charge is 0.379 e. The van der Waals surface area contributed by atoms with Crippen LogP contribution in [0.5, 0.6) is 0 Å². The maximum Gasteiger partial charge on any atom is 0.252 e. The summed E-state index contributed by atoms with van der Waals surface area (Å²) in [7, 11) is -4.09. The van der Waals surface area contributed by atoms with E-state index in [0.29, 0.717) is 24.6 Å². The maximum absolute atomic E-state index is 14.5. The molecule has 1 aromatic heterocycles. The summed E-state index contributed by atoms with van der Waals surface area (Å²) >= 11 is 0. The van der Waals surface area contributed by atoms with Crippen molar-refractivity contribution in [3.05, 3.63) is 41.3 Å². The smallest absolute Gasteiger partial charge is 0.252 e. The molecule has 2 heterocycles. The van der Waals surface area contributed by atoms with Crippen LogP contribution in [-0.4, -0.2) is 55.1 Å². The Morgan fingerprint density at radius 2 is 1.90 bits per heavy atom. The number of ether oxygens (including phenoxy) is 1. The van der Waals surface area contributed by atoms with Crippen LogP contribution in [0.2, 0.25) is 0 Å². The van der Waals surface area contributed by atoms with E-state index in [0.717, 1.165) is 31.4 Å². The van der Waals surface area contributed by atoms with Crippen molar-refractivity contribution < 1.29 is 26.9 Å². The number of rotatable bonds is 5. The van der Waals surface area contributed by atoms with E-state index in [-0.39, 0.29) is 31.9 Å². The molecule has 1 aromatic carbocycles. The molecule has 1 aliphatic heterocycles. The topological polar surface area (TPSA) is 115 Å². The number of amides is 1. The van der Waals surface area contributed by atoms with Crippen molar-refractivity contribution in [3.8, 4) is 0 Å². The van der Waals surface area contributed by atoms with E-state index in [2.05, 4.69) is 15.5 Å². The molecule has 9 nitrogen and oxygen atoms in total. The summed E-state index contributed by atoms with van der Waals surface area (Å²) in [5.41, 5.74) is -0.747. The van der Waals surface area contributed by atoms with E-state index in [4.69, 9.17) is 9.26 Å². The average Bonchev–Trinajstić information content (AvgIpc) is 3.22. The van der Waals surface area contributed by atoms with Gasteiger partial charge in [-0.05, 0) is 31.0 Å². The molecule has 0 spiro atoms. The van der Waals surface area contributed by atoms with Gasteiger partial charge in [-0.25, -0.2) is 12.8 Å². The normalized spacial score (nSPS) is 19.8. The van der Waals surface area contributed by atoms with E-state index >= 15 is 0 Å². The van der Waals surface area contributed by atoms with E-state index in [9.17, 15) is 17.6 Å². The SMILES string of the molecule is Cc1nc(C2(NC(=O)c3ccc(F)c(S(=O)(=O)N4CCOCC4)c3)CCCCC2)no1. The van der Waals surface area contributed by atoms with Gasteiger partial charge >= 0.3 is 0 Å². The van der Waals surface area contributed by atoms with Crippen LogP contribution >= 0.6 is 0 Å². The van der Waals surface area contributed by atoms with Gasteiger partial charge in [0.1, 0.15) is 16.3 Å². The Balaban J connectivity index is 1.63. The van der Waals surface area contributed by atoms with Gasteiger partial charge in [-0.15, -0.1) is 0 Å². The Labute approximate surface area is 180 Å². The number of hydrogen-bond acceptors (Lipinski definition) is 7. The minimum Gasteiger partial charge on any atom is -0.379 e. The second-order valence-electron chi connectivity index (χ2n) is 7.90. The molecule has 1 aliphatic carbocycles. The third-order valence-electron chi connectivity index (χ3n) is 5.80. The number of nitrogens with zero attached hydrogens (tertiary/aromatic N) is 3. The first kappa shape index (κ1) is 21.8. The highest BCUT2D eigenvalue weighted by Gasteiger charge is 2.40. The molecule has 1 saturated heterocycles. The lowest BCUT2D eigenvalue weighted by molar-refractivity contribution is 0.0729. The zero-order chi connectivity index (χ0) is 22.1. The highest BCUT2D eigenvalue weighted by molar-refractivity contribution is 7.89. The summed E-state index contributed by atoms with van der Waals surface area (Å²) in [4.78, 5) is 16.9. The molecule has 1 amide bonds. The molecule has 4 rings (SSSR count). The van der Waals surface area contributed by atoms with Crippen LogP contribution in [0.15, 0.2) is 27.6 Å². The summed E-state index contributed by atoms with van der Waals surface area (Å²) in [5, 5.41) is 7.00. The number of aromatic nitrogens is 2. The lowest BCUT2D eigenvalue weighted by Crippen LogP contribution is -2.48. The van der Waals surface area contributed by atoms with Crippen LogP contribution in [0.25, 0.3) is 0 Å². The molecular formula is C20H25FN4O5S. The minimum atomic E-state index is -4.09. The molecule has 0 radical (unpaired) electrons. The van der Waals surface area contributed by atoms with Crippen molar-refractivity contribution in [1.29, 1.82) is 0 Å². The van der Waals surface area contributed by atoms with Gasteiger partial charge in [0.05, 0.1) is 13.2 Å². The van der Waals surface area contributed by atoms with Gasteiger partial charge in [-0.1, -0.05) is 24.4 Å². The molecule has 2 fully saturated rings. The standard InChI is InChI=1S/C20H25FN4O5S/c1-14-22-19(24-30-14)20(7-3-2-4-8-20)23-18(26)15-5-6-16(21)17(13-15)31(27,28)25-9-11-29-12-10-25/h5-6,13H,2-4,7-12H2,1H3,(H,23,26). The molecule has 31 heavy (non-hydrogen) atoms. The molecule has 1 saturated carbocycles. The molecule has 0 unspecified atom stereocenters. The van der Waals surface area contributed by atoms with Crippen molar-refractivity contribution in [3.63, 3.8) is 0 Å². The minimum absolute atomic E-state index is 0.0541. The number of morpholine rings is 1. The predicted molar refractivity (Wildman–Crippen MR) is 107 cm³/mol. The van der Waals surface area contributed by atoms with Crippen LogP contribution in [0, 0.1) is 12.7 Å². The number of aryl methyl sites for hydroxylation is 1. The molecule has 2 aliphatic rings. The van der Waals surface area contributed by atoms with Crippen molar-refractivity contribution in [2.24, 2.45) is 0 Å². The molecule has 0 bridgehead atoms. The molecule has 1 N–H and O–H groups in total. The summed E-state index contributed by atoms with van der Waals surface area (Å²) in [5.74, 6) is -0.608. The number of carbonyl (C=O) groups excluding carboxylic acids is 1. The molecule has 0 atom stereocenters. The van der Waals surface area contributed by atoms with Crippen molar-refractivity contribution in [2.45, 2.75) is 49.5 Å². The number of halogens is 1. The van der Waals surface area contributed by atoms with Crippen LogP contribution in [-0.2, 0) is 20.3 Å². The predicted octanol–water partition coefficient (Wildman–Crippen LogP) is 2.13. The van der Waals surface area contributed by atoms with Crippen molar-refractivity contribution in [1.82, 2.24) is 19.8 Å². The molecule has 2 aromatic rings. The number of hydrogen-bond donors (Lipinski definition) is 1. The Bertz CT molecular complexity index is 1060. The maximum atomic E-state index is 14.5. The van der Waals surface area contributed by atoms with E-state index in [1.165, 1.54) is 10.4 Å². The number of sulfonamides is 1. The summed E-state index contributed by atoms with van der Waals surface area (Å²) in [6.45, 7) is 2.44. The molecule has 168 valence electrons. The van der Waals surface area contributed by atoms with Crippen molar-refractivity contribution in [2.75, 3.05) is 26.3 Å². The zero-order valence-electron chi connectivity index (χ0n) is 17.3. The van der Waals surface area contributed by atoms with Crippen LogP contribution in [0.1, 0.15) is 54.2 Å². The van der Waals surface area contributed by atoms with Crippen LogP contribution in [0.3, 0.4) is 0 Å². The van der Waals surface area contributed by atoms with Crippen LogP contribution in [0.4, 0.5) is 4.39 Å². The number of carbonyl (C=O) groups is 1. The summed E-state index contributed by atoms with van der Waals surface area (Å²) in [6.07, 6.45) is 4.07. The monoisotopic (exact) mass is 452 g/mol. The van der Waals surface area contributed by atoms with Gasteiger partial charge in [0.25, 0.3) is 5.91 Å². The highest BCUT2D eigenvalue weighted by atomic mass is 32.2. The fourth-order valence-corrected chi connectivity index (χ4v) is 5.61. The van der Waals surface area contributed by atoms with E-state index < -0.39 is 32.2 Å². The Morgan fingerprint density at radius 3 is 2.55 bits per heavy atom. The third-order valence-corrected chi connectivity index (χ3v) is 7.71. The van der Waals surface area contributed by atoms with Gasteiger partial charge < -0.3 is 14.6 Å². The van der Waals surface area contributed by atoms with Gasteiger partial charge in [0.15, 0.2) is 5.82 Å². The van der Waals surface area contributed by atoms with Gasteiger partial charge in [-0.2, -0.15) is 9.29 Å². The molecule has 11 heteroatoms. The quantitative estimate of drug-likeness (QED) is 0.739. The first-order chi connectivity index (χ1) is 14.8. The Hall–Kier alpha value is -2.37. The Morgan fingerprint density at radius 1 is 1.19 bits per heavy atom. The highest BCUT2D eigenvalue weighted by Crippen LogP contribution is 2.36. The van der Waals surface area contributed by atoms with Gasteiger partial charge in [0.2, 0.25) is 15.9 Å². The Kier molecular flexibility index (Phi) is 6.09. The lowest BCUT2D eigenvalue weighted by Gasteiger charge is -2.35. The van der Waals surface area contributed by atoms with Crippen LogP contribution < -0.4 is 5.32 Å². The average molecular weight is 453 g/mol. The van der Waals surface area contributed by atoms with Gasteiger partial charge in [0, 0.05) is 25.6 Å². The first-order valence-electron chi connectivity index (χ1n) is 10.3. The fraction of sp³-hybridized carbons (Fsp3) is 0.550. The third kappa shape index (κ3) is 4.35. The second kappa shape index (κ2) is 8.64. The zero-order valence-corrected chi connectivity index (χ0v) is 18.1. The van der Waals surface area contributed by atoms with E-state index in [1.54, 1.807) is 6.92 Å². The lowest BCUT2D eigenvalue weighted by atomic mass is 9.80. The van der Waals surface area contributed by atoms with Crippen molar-refractivity contribution >= 4 is 15.9 Å². The first-order valence-corrected chi connectivity index (χ1v) is 11.8.